The molecule has 1 fully saturated rings. The fraction of sp³-hybridized carbons (Fsp3) is 0.346. The lowest BCUT2D eigenvalue weighted by molar-refractivity contribution is -0.135. The van der Waals surface area contributed by atoms with Crippen LogP contribution < -0.4 is 5.32 Å². The third kappa shape index (κ3) is 5.85. The van der Waals surface area contributed by atoms with Crippen LogP contribution in [0.1, 0.15) is 31.7 Å². The van der Waals surface area contributed by atoms with Gasteiger partial charge in [-0.1, -0.05) is 48.4 Å². The lowest BCUT2D eigenvalue weighted by atomic mass is 10.2. The van der Waals surface area contributed by atoms with Crippen LogP contribution in [0, 0.1) is 6.92 Å². The maximum atomic E-state index is 13.0. The van der Waals surface area contributed by atoms with Gasteiger partial charge in [0.05, 0.1) is 11.8 Å². The number of nitrogens with one attached hydrogen (secondary N) is 1. The van der Waals surface area contributed by atoms with E-state index in [1.165, 1.54) is 0 Å². The Balaban J connectivity index is 1.58. The molecule has 1 atom stereocenters. The Morgan fingerprint density at radius 3 is 2.56 bits per heavy atom. The highest BCUT2D eigenvalue weighted by Gasteiger charge is 2.24. The lowest BCUT2D eigenvalue weighted by Crippen LogP contribution is -2.42. The summed E-state index contributed by atoms with van der Waals surface area (Å²) in [4.78, 5) is 31.8. The molecule has 0 bridgehead atoms. The van der Waals surface area contributed by atoms with Crippen LogP contribution in [0.2, 0.25) is 5.02 Å². The van der Waals surface area contributed by atoms with Crippen LogP contribution in [0.25, 0.3) is 16.9 Å². The zero-order valence-corrected chi connectivity index (χ0v) is 20.2. The van der Waals surface area contributed by atoms with Gasteiger partial charge in [-0.05, 0) is 44.0 Å². The number of hydrogen-bond donors (Lipinski definition) is 1. The van der Waals surface area contributed by atoms with Crippen LogP contribution in [0.4, 0.5) is 5.95 Å². The van der Waals surface area contributed by atoms with Gasteiger partial charge in [0.25, 0.3) is 0 Å². The van der Waals surface area contributed by atoms with Gasteiger partial charge < -0.3 is 9.64 Å². The second kappa shape index (κ2) is 10.8. The van der Waals surface area contributed by atoms with E-state index in [4.69, 9.17) is 16.3 Å². The highest BCUT2D eigenvalue weighted by Crippen LogP contribution is 2.26. The molecular weight excluding hydrogens is 452 g/mol. The maximum absolute atomic E-state index is 13.0. The topological polar surface area (TPSA) is 76.5 Å². The quantitative estimate of drug-likeness (QED) is 0.499. The predicted octanol–water partition coefficient (Wildman–Crippen LogP) is 4.86. The van der Waals surface area contributed by atoms with E-state index in [-0.39, 0.29) is 24.5 Å². The first kappa shape index (κ1) is 24.0. The zero-order chi connectivity index (χ0) is 24.1. The number of imidazole rings is 1. The molecule has 34 heavy (non-hydrogen) atoms. The predicted molar refractivity (Wildman–Crippen MR) is 133 cm³/mol. The Hall–Kier alpha value is -3.16. The molecule has 2 heterocycles. The number of nitrogens with zero attached hydrogens (tertiary/aromatic N) is 3. The number of anilines is 1. The minimum atomic E-state index is -0.304. The Bertz CT molecular complexity index is 1140. The zero-order valence-electron chi connectivity index (χ0n) is 19.5. The van der Waals surface area contributed by atoms with Crippen molar-refractivity contribution < 1.29 is 14.3 Å². The molecule has 3 aromatic rings. The van der Waals surface area contributed by atoms with Gasteiger partial charge >= 0.3 is 0 Å². The number of aromatic nitrogens is 2. The van der Waals surface area contributed by atoms with Gasteiger partial charge in [-0.2, -0.15) is 0 Å². The monoisotopic (exact) mass is 480 g/mol. The molecule has 0 radical (unpaired) electrons. The van der Waals surface area contributed by atoms with Crippen molar-refractivity contribution >= 4 is 29.4 Å². The van der Waals surface area contributed by atoms with E-state index in [1.54, 1.807) is 24.0 Å². The van der Waals surface area contributed by atoms with Crippen LogP contribution in [0.5, 0.6) is 0 Å². The SMILES string of the molecule is CCC(=O)N(CC(=O)Nc1nc(-c2ccc(Cl)cc2)cn1-c1ccc(C)cc1)C[C@@H]1CCCO1. The molecule has 1 aliphatic rings. The third-order valence-electron chi connectivity index (χ3n) is 5.85. The molecule has 0 aliphatic carbocycles. The summed E-state index contributed by atoms with van der Waals surface area (Å²) in [6, 6.07) is 15.3. The average Bonchev–Trinajstić information content (AvgIpc) is 3.49. The Morgan fingerprint density at radius 2 is 1.91 bits per heavy atom. The fourth-order valence-electron chi connectivity index (χ4n) is 3.98. The summed E-state index contributed by atoms with van der Waals surface area (Å²) >= 11 is 6.04. The number of benzene rings is 2. The molecule has 2 amide bonds. The number of hydrogen-bond acceptors (Lipinski definition) is 4. The second-order valence-corrected chi connectivity index (χ2v) is 8.91. The van der Waals surface area contributed by atoms with Crippen molar-refractivity contribution in [3.05, 3.63) is 65.3 Å². The Labute approximate surface area is 204 Å². The normalized spacial score (nSPS) is 15.3. The van der Waals surface area contributed by atoms with Gasteiger partial charge in [0.2, 0.25) is 17.8 Å². The van der Waals surface area contributed by atoms with E-state index < -0.39 is 0 Å². The van der Waals surface area contributed by atoms with Crippen molar-refractivity contribution in [1.82, 2.24) is 14.5 Å². The van der Waals surface area contributed by atoms with E-state index in [1.807, 2.05) is 54.1 Å². The van der Waals surface area contributed by atoms with Crippen LogP contribution in [-0.2, 0) is 14.3 Å². The third-order valence-corrected chi connectivity index (χ3v) is 6.10. The van der Waals surface area contributed by atoms with Crippen molar-refractivity contribution in [2.45, 2.75) is 39.2 Å². The number of halogens is 1. The van der Waals surface area contributed by atoms with Crippen molar-refractivity contribution in [2.24, 2.45) is 0 Å². The van der Waals surface area contributed by atoms with E-state index in [2.05, 4.69) is 10.3 Å². The van der Waals surface area contributed by atoms with Crippen LogP contribution >= 0.6 is 11.6 Å². The first-order valence-corrected chi connectivity index (χ1v) is 11.9. The van der Waals surface area contributed by atoms with Crippen molar-refractivity contribution in [3.63, 3.8) is 0 Å². The summed E-state index contributed by atoms with van der Waals surface area (Å²) in [6.07, 6.45) is 4.07. The molecule has 0 unspecified atom stereocenters. The van der Waals surface area contributed by atoms with Crippen LogP contribution in [0.15, 0.2) is 54.7 Å². The molecule has 2 aromatic carbocycles. The first-order valence-electron chi connectivity index (χ1n) is 11.5. The van der Waals surface area contributed by atoms with Gasteiger partial charge in [0, 0.05) is 42.0 Å². The van der Waals surface area contributed by atoms with E-state index in [0.717, 1.165) is 29.7 Å². The largest absolute Gasteiger partial charge is 0.376 e. The molecule has 4 rings (SSSR count). The number of rotatable bonds is 8. The number of ether oxygens (including phenoxy) is 1. The van der Waals surface area contributed by atoms with Gasteiger partial charge in [-0.15, -0.1) is 0 Å². The highest BCUT2D eigenvalue weighted by atomic mass is 35.5. The summed E-state index contributed by atoms with van der Waals surface area (Å²) in [5.41, 5.74) is 3.59. The van der Waals surface area contributed by atoms with Gasteiger partial charge in [0.1, 0.15) is 6.54 Å². The molecule has 8 heteroatoms. The van der Waals surface area contributed by atoms with Crippen molar-refractivity contribution in [1.29, 1.82) is 0 Å². The van der Waals surface area contributed by atoms with Crippen LogP contribution in [-0.4, -0.2) is 52.1 Å². The summed E-state index contributed by atoms with van der Waals surface area (Å²) in [5.74, 6) is 0.00983. The highest BCUT2D eigenvalue weighted by molar-refractivity contribution is 6.30. The fourth-order valence-corrected chi connectivity index (χ4v) is 4.11. The molecule has 178 valence electrons. The minimum absolute atomic E-state index is 0.0191. The Kier molecular flexibility index (Phi) is 7.65. The first-order chi connectivity index (χ1) is 16.4. The number of carbonyl (C=O) groups is 2. The maximum Gasteiger partial charge on any atom is 0.246 e. The number of aryl methyl sites for hydroxylation is 1. The molecule has 1 aromatic heterocycles. The van der Waals surface area contributed by atoms with Gasteiger partial charge in [-0.3, -0.25) is 19.5 Å². The van der Waals surface area contributed by atoms with Crippen molar-refractivity contribution in [3.8, 4) is 16.9 Å². The van der Waals surface area contributed by atoms with E-state index >= 15 is 0 Å². The molecule has 0 spiro atoms. The molecule has 7 nitrogen and oxygen atoms in total. The molecular formula is C26H29ClN4O3. The summed E-state index contributed by atoms with van der Waals surface area (Å²) in [5, 5.41) is 3.55. The second-order valence-electron chi connectivity index (χ2n) is 8.47. The van der Waals surface area contributed by atoms with E-state index in [9.17, 15) is 9.59 Å². The van der Waals surface area contributed by atoms with Crippen molar-refractivity contribution in [2.75, 3.05) is 25.0 Å². The summed E-state index contributed by atoms with van der Waals surface area (Å²) in [7, 11) is 0. The molecule has 0 saturated carbocycles. The van der Waals surface area contributed by atoms with E-state index in [0.29, 0.717) is 36.2 Å². The number of amides is 2. The lowest BCUT2D eigenvalue weighted by Gasteiger charge is -2.24. The average molecular weight is 481 g/mol. The van der Waals surface area contributed by atoms with Gasteiger partial charge in [-0.25, -0.2) is 4.98 Å². The summed E-state index contributed by atoms with van der Waals surface area (Å²) in [6.45, 7) is 4.89. The molecule has 1 N–H and O–H groups in total. The van der Waals surface area contributed by atoms with Gasteiger partial charge in [0.15, 0.2) is 0 Å². The Morgan fingerprint density at radius 1 is 1.18 bits per heavy atom. The molecule has 1 aliphatic heterocycles. The smallest absolute Gasteiger partial charge is 0.246 e. The van der Waals surface area contributed by atoms with Crippen LogP contribution in [0.3, 0.4) is 0 Å². The summed E-state index contributed by atoms with van der Waals surface area (Å²) < 4.78 is 7.51. The molecule has 1 saturated heterocycles. The minimum Gasteiger partial charge on any atom is -0.376 e. The standard InChI is InChI=1S/C26H29ClN4O3/c1-3-25(33)30(15-22-5-4-14-34-22)17-24(32)29-26-28-23(19-8-10-20(27)11-9-19)16-31(26)21-12-6-18(2)7-13-21/h6-13,16,22H,3-5,14-15,17H2,1-2H3,(H,28,29,32)/t22-/m0/s1. The number of carbonyl (C=O) groups excluding carboxylic acids is 2.